The smallest absolute Gasteiger partial charge is 0.149 e. The first kappa shape index (κ1) is 12.0. The molecular weight excluding hydrogens is 228 g/mol. The van der Waals surface area contributed by atoms with E-state index in [1.54, 1.807) is 19.2 Å². The van der Waals surface area contributed by atoms with Gasteiger partial charge in [-0.15, -0.1) is 0 Å². The SMILES string of the molecule is COc1ccc(CNc2ccc(N)c(N)n2)cc1. The summed E-state index contributed by atoms with van der Waals surface area (Å²) in [7, 11) is 1.65. The Morgan fingerprint density at radius 1 is 1.11 bits per heavy atom. The number of benzene rings is 1. The molecule has 94 valence electrons. The van der Waals surface area contributed by atoms with Crippen LogP contribution in [0, 0.1) is 0 Å². The average molecular weight is 244 g/mol. The third-order valence-corrected chi connectivity index (χ3v) is 2.59. The zero-order valence-corrected chi connectivity index (χ0v) is 10.2. The highest BCUT2D eigenvalue weighted by Crippen LogP contribution is 2.16. The maximum Gasteiger partial charge on any atom is 0.149 e. The number of hydrogen-bond donors (Lipinski definition) is 3. The lowest BCUT2D eigenvalue weighted by Crippen LogP contribution is -2.04. The molecule has 0 aliphatic carbocycles. The molecule has 0 aliphatic rings. The van der Waals surface area contributed by atoms with Crippen molar-refractivity contribution in [2.24, 2.45) is 0 Å². The summed E-state index contributed by atoms with van der Waals surface area (Å²) >= 11 is 0. The van der Waals surface area contributed by atoms with Crippen molar-refractivity contribution >= 4 is 17.3 Å². The molecule has 0 amide bonds. The lowest BCUT2D eigenvalue weighted by atomic mass is 10.2. The molecule has 0 saturated carbocycles. The minimum atomic E-state index is 0.342. The van der Waals surface area contributed by atoms with Gasteiger partial charge in [-0.25, -0.2) is 4.98 Å². The Morgan fingerprint density at radius 2 is 1.83 bits per heavy atom. The Kier molecular flexibility index (Phi) is 3.52. The van der Waals surface area contributed by atoms with Gasteiger partial charge in [0.05, 0.1) is 12.8 Å². The maximum atomic E-state index is 5.63. The molecule has 0 bridgehead atoms. The highest BCUT2D eigenvalue weighted by atomic mass is 16.5. The molecule has 0 aliphatic heterocycles. The van der Waals surface area contributed by atoms with Crippen molar-refractivity contribution in [1.29, 1.82) is 0 Å². The molecule has 0 spiro atoms. The van der Waals surface area contributed by atoms with Crippen LogP contribution in [0.1, 0.15) is 5.56 Å². The quantitative estimate of drug-likeness (QED) is 0.764. The summed E-state index contributed by atoms with van der Waals surface area (Å²) in [6, 6.07) is 11.4. The summed E-state index contributed by atoms with van der Waals surface area (Å²) in [6.07, 6.45) is 0. The summed E-state index contributed by atoms with van der Waals surface area (Å²) in [4.78, 5) is 4.14. The zero-order valence-electron chi connectivity index (χ0n) is 10.2. The molecule has 18 heavy (non-hydrogen) atoms. The Bertz CT molecular complexity index is 525. The van der Waals surface area contributed by atoms with Gasteiger partial charge in [-0.3, -0.25) is 0 Å². The normalized spacial score (nSPS) is 10.1. The third kappa shape index (κ3) is 2.82. The van der Waals surface area contributed by atoms with Gasteiger partial charge >= 0.3 is 0 Å². The summed E-state index contributed by atoms with van der Waals surface area (Å²) < 4.78 is 5.10. The number of ether oxygens (including phenoxy) is 1. The minimum absolute atomic E-state index is 0.342. The van der Waals surface area contributed by atoms with Gasteiger partial charge in [0.1, 0.15) is 17.4 Å². The summed E-state index contributed by atoms with van der Waals surface area (Å²) in [5.41, 5.74) is 12.9. The van der Waals surface area contributed by atoms with Crippen molar-refractivity contribution in [2.45, 2.75) is 6.54 Å². The van der Waals surface area contributed by atoms with Crippen LogP contribution in [0.15, 0.2) is 36.4 Å². The number of rotatable bonds is 4. The van der Waals surface area contributed by atoms with Crippen molar-refractivity contribution in [1.82, 2.24) is 4.98 Å². The van der Waals surface area contributed by atoms with Crippen LogP contribution < -0.4 is 21.5 Å². The first-order chi connectivity index (χ1) is 8.69. The Morgan fingerprint density at radius 3 is 2.44 bits per heavy atom. The minimum Gasteiger partial charge on any atom is -0.497 e. The van der Waals surface area contributed by atoms with E-state index in [-0.39, 0.29) is 0 Å². The van der Waals surface area contributed by atoms with E-state index >= 15 is 0 Å². The second-order valence-electron chi connectivity index (χ2n) is 3.87. The number of aromatic nitrogens is 1. The van der Waals surface area contributed by atoms with Crippen LogP contribution in [0.2, 0.25) is 0 Å². The van der Waals surface area contributed by atoms with Crippen LogP contribution in [-0.4, -0.2) is 12.1 Å². The number of anilines is 3. The zero-order chi connectivity index (χ0) is 13.0. The standard InChI is InChI=1S/C13H16N4O/c1-18-10-4-2-9(3-5-10)8-16-12-7-6-11(14)13(15)17-12/h2-7H,8,14H2,1H3,(H3,15,16,17). The van der Waals surface area contributed by atoms with Crippen LogP contribution in [0.4, 0.5) is 17.3 Å². The molecule has 1 aromatic heterocycles. The van der Waals surface area contributed by atoms with Gasteiger partial charge in [0.2, 0.25) is 0 Å². The van der Waals surface area contributed by atoms with Crippen LogP contribution in [0.25, 0.3) is 0 Å². The van der Waals surface area contributed by atoms with E-state index < -0.39 is 0 Å². The predicted octanol–water partition coefficient (Wildman–Crippen LogP) is 1.87. The molecule has 2 rings (SSSR count). The van der Waals surface area contributed by atoms with Gasteiger partial charge in [0.25, 0.3) is 0 Å². The van der Waals surface area contributed by atoms with Gasteiger partial charge in [-0.1, -0.05) is 12.1 Å². The van der Waals surface area contributed by atoms with Gasteiger partial charge < -0.3 is 21.5 Å². The predicted molar refractivity (Wildman–Crippen MR) is 73.4 cm³/mol. The highest BCUT2D eigenvalue weighted by Gasteiger charge is 1.99. The van der Waals surface area contributed by atoms with Gasteiger partial charge in [-0.05, 0) is 29.8 Å². The van der Waals surface area contributed by atoms with E-state index in [1.807, 2.05) is 24.3 Å². The summed E-state index contributed by atoms with van der Waals surface area (Å²) in [6.45, 7) is 0.667. The molecule has 0 radical (unpaired) electrons. The van der Waals surface area contributed by atoms with Crippen molar-refractivity contribution in [3.05, 3.63) is 42.0 Å². The van der Waals surface area contributed by atoms with Gasteiger partial charge in [-0.2, -0.15) is 0 Å². The Labute approximate surface area is 106 Å². The van der Waals surface area contributed by atoms with Crippen molar-refractivity contribution < 1.29 is 4.74 Å². The lowest BCUT2D eigenvalue weighted by Gasteiger charge is -2.08. The molecule has 1 heterocycles. The fraction of sp³-hybridized carbons (Fsp3) is 0.154. The monoisotopic (exact) mass is 244 g/mol. The van der Waals surface area contributed by atoms with Crippen LogP contribution in [0.3, 0.4) is 0 Å². The second kappa shape index (κ2) is 5.27. The number of nitrogens with two attached hydrogens (primary N) is 2. The van der Waals surface area contributed by atoms with Crippen molar-refractivity contribution in [3.63, 3.8) is 0 Å². The first-order valence-electron chi connectivity index (χ1n) is 5.58. The summed E-state index contributed by atoms with van der Waals surface area (Å²) in [5, 5.41) is 3.18. The highest BCUT2D eigenvalue weighted by molar-refractivity contribution is 5.61. The first-order valence-corrected chi connectivity index (χ1v) is 5.58. The fourth-order valence-electron chi connectivity index (χ4n) is 1.52. The Balaban J connectivity index is 1.99. The molecule has 5 nitrogen and oxygen atoms in total. The molecule has 5 N–H and O–H groups in total. The molecule has 2 aromatic rings. The maximum absolute atomic E-state index is 5.63. The van der Waals surface area contributed by atoms with E-state index in [2.05, 4.69) is 10.3 Å². The number of nitrogens with zero attached hydrogens (tertiary/aromatic N) is 1. The van der Waals surface area contributed by atoms with Crippen LogP contribution in [0.5, 0.6) is 5.75 Å². The number of nitrogens with one attached hydrogen (secondary N) is 1. The molecular formula is C13H16N4O. The molecule has 0 fully saturated rings. The third-order valence-electron chi connectivity index (χ3n) is 2.59. The van der Waals surface area contributed by atoms with Crippen LogP contribution in [-0.2, 0) is 6.54 Å². The van der Waals surface area contributed by atoms with E-state index in [0.29, 0.717) is 23.9 Å². The molecule has 1 aromatic carbocycles. The number of methoxy groups -OCH3 is 1. The number of nitrogen functional groups attached to an aromatic ring is 2. The number of hydrogen-bond acceptors (Lipinski definition) is 5. The average Bonchev–Trinajstić information content (AvgIpc) is 2.41. The van der Waals surface area contributed by atoms with E-state index in [0.717, 1.165) is 11.3 Å². The molecule has 0 unspecified atom stereocenters. The molecule has 0 atom stereocenters. The fourth-order valence-corrected chi connectivity index (χ4v) is 1.52. The second-order valence-corrected chi connectivity index (χ2v) is 3.87. The van der Waals surface area contributed by atoms with E-state index in [9.17, 15) is 0 Å². The van der Waals surface area contributed by atoms with E-state index in [1.165, 1.54) is 0 Å². The van der Waals surface area contributed by atoms with Crippen LogP contribution >= 0.6 is 0 Å². The largest absolute Gasteiger partial charge is 0.497 e. The number of pyridine rings is 1. The summed E-state index contributed by atoms with van der Waals surface area (Å²) in [5.74, 6) is 1.89. The van der Waals surface area contributed by atoms with Gasteiger partial charge in [0, 0.05) is 6.54 Å². The Hall–Kier alpha value is -2.43. The van der Waals surface area contributed by atoms with Gasteiger partial charge in [0.15, 0.2) is 0 Å². The van der Waals surface area contributed by atoms with Crippen molar-refractivity contribution in [3.8, 4) is 5.75 Å². The van der Waals surface area contributed by atoms with E-state index in [4.69, 9.17) is 16.2 Å². The van der Waals surface area contributed by atoms with Crippen molar-refractivity contribution in [2.75, 3.05) is 23.9 Å². The molecule has 5 heteroatoms. The molecule has 0 saturated heterocycles. The topological polar surface area (TPSA) is 86.2 Å². The lowest BCUT2D eigenvalue weighted by molar-refractivity contribution is 0.414.